The standard InChI is InChI=1S/C20H21ClN4O2/c21-19-17(4-3-9-22-19)23-20(27)14-12-18(26)25(13-14)16-7-5-15(6-8-16)24-10-1-2-11-24/h3-9,14H,1-2,10-13H2,(H,23,27). The third kappa shape index (κ3) is 3.76. The summed E-state index contributed by atoms with van der Waals surface area (Å²) in [6.45, 7) is 2.54. The Balaban J connectivity index is 1.42. The molecule has 2 fully saturated rings. The Kier molecular flexibility index (Phi) is 4.99. The van der Waals surface area contributed by atoms with Crippen LogP contribution >= 0.6 is 11.6 Å². The maximum atomic E-state index is 12.5. The molecule has 0 spiro atoms. The van der Waals surface area contributed by atoms with Crippen molar-refractivity contribution in [2.24, 2.45) is 5.92 Å². The summed E-state index contributed by atoms with van der Waals surface area (Å²) in [6.07, 6.45) is 4.20. The number of anilines is 3. The Bertz CT molecular complexity index is 849. The Hall–Kier alpha value is -2.60. The first kappa shape index (κ1) is 17.8. The SMILES string of the molecule is O=C(Nc1cccnc1Cl)C1CC(=O)N(c2ccc(N3CCCC3)cc2)C1. The average Bonchev–Trinajstić information content (AvgIpc) is 3.34. The van der Waals surface area contributed by atoms with Crippen molar-refractivity contribution in [1.82, 2.24) is 4.98 Å². The van der Waals surface area contributed by atoms with E-state index in [4.69, 9.17) is 11.6 Å². The van der Waals surface area contributed by atoms with E-state index < -0.39 is 5.92 Å². The van der Waals surface area contributed by atoms with Gasteiger partial charge in [0.15, 0.2) is 5.15 Å². The molecule has 2 aromatic rings. The third-order valence-electron chi connectivity index (χ3n) is 5.15. The van der Waals surface area contributed by atoms with Crippen LogP contribution in [0.3, 0.4) is 0 Å². The largest absolute Gasteiger partial charge is 0.372 e. The Labute approximate surface area is 163 Å². The first-order valence-corrected chi connectivity index (χ1v) is 9.56. The number of halogens is 1. The van der Waals surface area contributed by atoms with E-state index in [1.54, 1.807) is 23.2 Å². The molecule has 140 valence electrons. The van der Waals surface area contributed by atoms with E-state index in [-0.39, 0.29) is 23.4 Å². The molecule has 7 heteroatoms. The predicted molar refractivity (Wildman–Crippen MR) is 106 cm³/mol. The highest BCUT2D eigenvalue weighted by molar-refractivity contribution is 6.32. The molecular formula is C20H21ClN4O2. The minimum atomic E-state index is -0.410. The second kappa shape index (κ2) is 7.56. The van der Waals surface area contributed by atoms with Crippen LogP contribution in [-0.4, -0.2) is 36.4 Å². The van der Waals surface area contributed by atoms with Gasteiger partial charge in [0.2, 0.25) is 11.8 Å². The lowest BCUT2D eigenvalue weighted by Gasteiger charge is -2.20. The molecule has 0 aliphatic carbocycles. The first-order valence-electron chi connectivity index (χ1n) is 9.18. The van der Waals surface area contributed by atoms with Crippen LogP contribution in [0.4, 0.5) is 17.1 Å². The number of hydrogen-bond donors (Lipinski definition) is 1. The van der Waals surface area contributed by atoms with Gasteiger partial charge in [-0.25, -0.2) is 4.98 Å². The quantitative estimate of drug-likeness (QED) is 0.821. The number of hydrogen-bond acceptors (Lipinski definition) is 4. The zero-order chi connectivity index (χ0) is 18.8. The maximum Gasteiger partial charge on any atom is 0.229 e. The van der Waals surface area contributed by atoms with Gasteiger partial charge in [0.1, 0.15) is 0 Å². The van der Waals surface area contributed by atoms with Crippen molar-refractivity contribution in [1.29, 1.82) is 0 Å². The highest BCUT2D eigenvalue weighted by Gasteiger charge is 2.35. The summed E-state index contributed by atoms with van der Waals surface area (Å²) in [5, 5.41) is 3.01. The molecule has 1 atom stereocenters. The van der Waals surface area contributed by atoms with Gasteiger partial charge in [0.25, 0.3) is 0 Å². The minimum absolute atomic E-state index is 0.0404. The molecule has 1 aromatic heterocycles. The number of nitrogens with zero attached hydrogens (tertiary/aromatic N) is 3. The van der Waals surface area contributed by atoms with Gasteiger partial charge in [0, 0.05) is 43.6 Å². The van der Waals surface area contributed by atoms with E-state index in [1.165, 1.54) is 18.5 Å². The van der Waals surface area contributed by atoms with Crippen molar-refractivity contribution in [2.45, 2.75) is 19.3 Å². The Morgan fingerprint density at radius 3 is 2.52 bits per heavy atom. The van der Waals surface area contributed by atoms with Crippen molar-refractivity contribution in [2.75, 3.05) is 34.8 Å². The molecule has 6 nitrogen and oxygen atoms in total. The fourth-order valence-corrected chi connectivity index (χ4v) is 3.83. The van der Waals surface area contributed by atoms with Crippen molar-refractivity contribution >= 4 is 40.5 Å². The highest BCUT2D eigenvalue weighted by atomic mass is 35.5. The second-order valence-corrected chi connectivity index (χ2v) is 7.30. The summed E-state index contributed by atoms with van der Waals surface area (Å²) in [6, 6.07) is 11.4. The zero-order valence-electron chi connectivity index (χ0n) is 14.9. The van der Waals surface area contributed by atoms with Gasteiger partial charge in [-0.2, -0.15) is 0 Å². The maximum absolute atomic E-state index is 12.5. The number of carbonyl (C=O) groups excluding carboxylic acids is 2. The monoisotopic (exact) mass is 384 g/mol. The van der Waals surface area contributed by atoms with Gasteiger partial charge in [-0.1, -0.05) is 11.6 Å². The molecule has 0 radical (unpaired) electrons. The summed E-state index contributed by atoms with van der Waals surface area (Å²) in [5.41, 5.74) is 2.48. The summed E-state index contributed by atoms with van der Waals surface area (Å²) in [7, 11) is 0. The van der Waals surface area contributed by atoms with Gasteiger partial charge in [0.05, 0.1) is 11.6 Å². The normalized spacial score (nSPS) is 19.6. The lowest BCUT2D eigenvalue weighted by Crippen LogP contribution is -2.28. The molecule has 1 aromatic carbocycles. The van der Waals surface area contributed by atoms with Gasteiger partial charge in [-0.05, 0) is 49.2 Å². The molecule has 1 unspecified atom stereocenters. The summed E-state index contributed by atoms with van der Waals surface area (Å²) in [5.74, 6) is -0.664. The molecule has 2 aliphatic heterocycles. The van der Waals surface area contributed by atoms with Gasteiger partial charge < -0.3 is 15.1 Å². The van der Waals surface area contributed by atoms with E-state index in [2.05, 4.69) is 27.3 Å². The Morgan fingerprint density at radius 1 is 1.11 bits per heavy atom. The number of amides is 2. The van der Waals surface area contributed by atoms with Gasteiger partial charge in [-0.15, -0.1) is 0 Å². The molecule has 2 saturated heterocycles. The van der Waals surface area contributed by atoms with Crippen LogP contribution in [0.1, 0.15) is 19.3 Å². The Morgan fingerprint density at radius 2 is 1.81 bits per heavy atom. The number of rotatable bonds is 4. The van der Waals surface area contributed by atoms with Crippen molar-refractivity contribution in [3.8, 4) is 0 Å². The number of pyridine rings is 1. The molecule has 0 saturated carbocycles. The lowest BCUT2D eigenvalue weighted by molar-refractivity contribution is -0.122. The lowest BCUT2D eigenvalue weighted by atomic mass is 10.1. The van der Waals surface area contributed by atoms with E-state index in [9.17, 15) is 9.59 Å². The van der Waals surface area contributed by atoms with E-state index in [1.807, 2.05) is 12.1 Å². The molecule has 4 rings (SSSR count). The zero-order valence-corrected chi connectivity index (χ0v) is 15.7. The van der Waals surface area contributed by atoms with E-state index in [0.29, 0.717) is 12.2 Å². The first-order chi connectivity index (χ1) is 13.1. The second-order valence-electron chi connectivity index (χ2n) is 6.95. The van der Waals surface area contributed by atoms with E-state index in [0.717, 1.165) is 18.8 Å². The number of aromatic nitrogens is 1. The van der Waals surface area contributed by atoms with Crippen LogP contribution in [0.25, 0.3) is 0 Å². The van der Waals surface area contributed by atoms with Crippen LogP contribution in [0, 0.1) is 5.92 Å². The van der Waals surface area contributed by atoms with Crippen molar-refractivity contribution in [3.63, 3.8) is 0 Å². The smallest absolute Gasteiger partial charge is 0.229 e. The van der Waals surface area contributed by atoms with Crippen LogP contribution < -0.4 is 15.1 Å². The van der Waals surface area contributed by atoms with Crippen LogP contribution in [0.5, 0.6) is 0 Å². The fraction of sp³-hybridized carbons (Fsp3) is 0.350. The number of carbonyl (C=O) groups is 2. The molecule has 2 amide bonds. The van der Waals surface area contributed by atoms with Crippen LogP contribution in [0.15, 0.2) is 42.6 Å². The summed E-state index contributed by atoms with van der Waals surface area (Å²) in [4.78, 5) is 33.0. The van der Waals surface area contributed by atoms with Crippen LogP contribution in [-0.2, 0) is 9.59 Å². The average molecular weight is 385 g/mol. The molecule has 0 bridgehead atoms. The predicted octanol–water partition coefficient (Wildman–Crippen LogP) is 3.33. The molecule has 27 heavy (non-hydrogen) atoms. The number of benzene rings is 1. The fourth-order valence-electron chi connectivity index (χ4n) is 3.67. The molecule has 1 N–H and O–H groups in total. The number of nitrogens with one attached hydrogen (secondary N) is 1. The highest BCUT2D eigenvalue weighted by Crippen LogP contribution is 2.29. The van der Waals surface area contributed by atoms with Crippen molar-refractivity contribution in [3.05, 3.63) is 47.7 Å². The summed E-state index contributed by atoms with van der Waals surface area (Å²) >= 11 is 5.99. The molecule has 3 heterocycles. The minimum Gasteiger partial charge on any atom is -0.372 e. The molecular weight excluding hydrogens is 364 g/mol. The molecule has 2 aliphatic rings. The summed E-state index contributed by atoms with van der Waals surface area (Å²) < 4.78 is 0. The van der Waals surface area contributed by atoms with Gasteiger partial charge >= 0.3 is 0 Å². The third-order valence-corrected chi connectivity index (χ3v) is 5.45. The van der Waals surface area contributed by atoms with E-state index >= 15 is 0 Å². The van der Waals surface area contributed by atoms with Crippen LogP contribution in [0.2, 0.25) is 5.15 Å². The van der Waals surface area contributed by atoms with Gasteiger partial charge in [-0.3, -0.25) is 9.59 Å². The topological polar surface area (TPSA) is 65.5 Å². The van der Waals surface area contributed by atoms with Crippen molar-refractivity contribution < 1.29 is 9.59 Å².